The number of hydrogen-bond donors (Lipinski definition) is 0. The van der Waals surface area contributed by atoms with Crippen LogP contribution in [0.2, 0.25) is 0 Å². The van der Waals surface area contributed by atoms with Crippen LogP contribution in [-0.2, 0) is 4.79 Å². The van der Waals surface area contributed by atoms with E-state index < -0.39 is 0 Å². The summed E-state index contributed by atoms with van der Waals surface area (Å²) in [7, 11) is 3.26. The van der Waals surface area contributed by atoms with E-state index in [1.54, 1.807) is 20.2 Å². The van der Waals surface area contributed by atoms with E-state index in [4.69, 9.17) is 26.4 Å². The van der Waals surface area contributed by atoms with Crippen LogP contribution in [0.3, 0.4) is 0 Å². The second kappa shape index (κ2) is 9.33. The molecule has 7 heteroatoms. The van der Waals surface area contributed by atoms with Gasteiger partial charge in [-0.1, -0.05) is 47.7 Å². The molecule has 0 unspecified atom stereocenters. The Morgan fingerprint density at radius 1 is 1.03 bits per heavy atom. The second-order valence-corrected chi connectivity index (χ2v) is 8.29. The average molecular weight is 430 g/mol. The predicted octanol–water partition coefficient (Wildman–Crippen LogP) is 4.60. The maximum absolute atomic E-state index is 12.2. The SMILES string of the molecule is COc1cc(/C=C2\SC(=S)N(C)C2=O)ccc1OCCOc1ccc(C)cc1C. The number of ether oxygens (including phenoxy) is 3. The molecule has 1 aliphatic heterocycles. The van der Waals surface area contributed by atoms with Crippen LogP contribution in [0.4, 0.5) is 0 Å². The molecule has 1 saturated heterocycles. The van der Waals surface area contributed by atoms with E-state index in [9.17, 15) is 4.79 Å². The van der Waals surface area contributed by atoms with E-state index >= 15 is 0 Å². The predicted molar refractivity (Wildman–Crippen MR) is 121 cm³/mol. The van der Waals surface area contributed by atoms with Gasteiger partial charge in [0, 0.05) is 7.05 Å². The van der Waals surface area contributed by atoms with Crippen LogP contribution < -0.4 is 14.2 Å². The quantitative estimate of drug-likeness (QED) is 0.364. The number of thiocarbonyl (C=S) groups is 1. The normalized spacial score (nSPS) is 15.2. The number of methoxy groups -OCH3 is 1. The number of hydrogen-bond acceptors (Lipinski definition) is 6. The summed E-state index contributed by atoms with van der Waals surface area (Å²) in [5.41, 5.74) is 3.15. The molecule has 29 heavy (non-hydrogen) atoms. The fourth-order valence-corrected chi connectivity index (χ4v) is 4.03. The van der Waals surface area contributed by atoms with Gasteiger partial charge in [-0.2, -0.15) is 0 Å². The fourth-order valence-electron chi connectivity index (χ4n) is 2.85. The molecule has 5 nitrogen and oxygen atoms in total. The van der Waals surface area contributed by atoms with Crippen molar-refractivity contribution in [3.63, 3.8) is 0 Å². The third kappa shape index (κ3) is 5.10. The molecular formula is C22H23NO4S2. The highest BCUT2D eigenvalue weighted by Crippen LogP contribution is 2.34. The molecule has 152 valence electrons. The van der Waals surface area contributed by atoms with Gasteiger partial charge in [0.2, 0.25) is 0 Å². The van der Waals surface area contributed by atoms with Crippen LogP contribution in [0.15, 0.2) is 41.3 Å². The van der Waals surface area contributed by atoms with E-state index in [1.807, 2.05) is 37.3 Å². The zero-order valence-corrected chi connectivity index (χ0v) is 18.5. The van der Waals surface area contributed by atoms with Gasteiger partial charge < -0.3 is 14.2 Å². The lowest BCUT2D eigenvalue weighted by Crippen LogP contribution is -2.22. The van der Waals surface area contributed by atoms with E-state index in [1.165, 1.54) is 22.2 Å². The van der Waals surface area contributed by atoms with Gasteiger partial charge in [-0.15, -0.1) is 0 Å². The Labute approximate surface area is 180 Å². The Hall–Kier alpha value is -2.51. The largest absolute Gasteiger partial charge is 0.493 e. The number of benzene rings is 2. The first-order valence-electron chi connectivity index (χ1n) is 9.11. The van der Waals surface area contributed by atoms with Gasteiger partial charge in [-0.05, 0) is 49.2 Å². The van der Waals surface area contributed by atoms with Crippen molar-refractivity contribution in [2.24, 2.45) is 0 Å². The van der Waals surface area contributed by atoms with Crippen molar-refractivity contribution in [2.45, 2.75) is 13.8 Å². The van der Waals surface area contributed by atoms with Gasteiger partial charge in [0.25, 0.3) is 5.91 Å². The van der Waals surface area contributed by atoms with Crippen molar-refractivity contribution in [1.29, 1.82) is 0 Å². The van der Waals surface area contributed by atoms with Crippen molar-refractivity contribution >= 4 is 40.3 Å². The molecule has 0 spiro atoms. The lowest BCUT2D eigenvalue weighted by Gasteiger charge is -2.13. The zero-order valence-electron chi connectivity index (χ0n) is 16.9. The van der Waals surface area contributed by atoms with Gasteiger partial charge in [-0.25, -0.2) is 0 Å². The van der Waals surface area contributed by atoms with Crippen LogP contribution in [-0.4, -0.2) is 42.5 Å². The lowest BCUT2D eigenvalue weighted by molar-refractivity contribution is -0.121. The second-order valence-electron chi connectivity index (χ2n) is 6.62. The van der Waals surface area contributed by atoms with Crippen LogP contribution in [0.5, 0.6) is 17.2 Å². The third-order valence-electron chi connectivity index (χ3n) is 4.40. The maximum atomic E-state index is 12.2. The first-order valence-corrected chi connectivity index (χ1v) is 10.3. The molecule has 0 aliphatic carbocycles. The van der Waals surface area contributed by atoms with E-state index in [0.29, 0.717) is 33.9 Å². The number of amides is 1. The standard InChI is InChI=1S/C22H23NO4S2/c1-14-5-7-17(15(2)11-14)26-9-10-27-18-8-6-16(12-19(18)25-4)13-20-21(24)23(3)22(28)29-20/h5-8,11-13H,9-10H2,1-4H3/b20-13-. The highest BCUT2D eigenvalue weighted by molar-refractivity contribution is 8.26. The maximum Gasteiger partial charge on any atom is 0.265 e. The average Bonchev–Trinajstić information content (AvgIpc) is 2.94. The number of aryl methyl sites for hydroxylation is 2. The molecule has 2 aromatic rings. The molecule has 3 rings (SSSR count). The summed E-state index contributed by atoms with van der Waals surface area (Å²) in [5, 5.41) is 0. The van der Waals surface area contributed by atoms with Crippen molar-refractivity contribution in [3.05, 3.63) is 58.0 Å². The number of rotatable bonds is 7. The molecule has 2 aromatic carbocycles. The van der Waals surface area contributed by atoms with E-state index in [2.05, 4.69) is 13.0 Å². The molecule has 1 heterocycles. The monoisotopic (exact) mass is 429 g/mol. The number of likely N-dealkylation sites (N-methyl/N-ethyl adjacent to an activating group) is 1. The molecule has 1 fully saturated rings. The van der Waals surface area contributed by atoms with Gasteiger partial charge >= 0.3 is 0 Å². The van der Waals surface area contributed by atoms with Gasteiger partial charge in [0.1, 0.15) is 23.3 Å². The third-order valence-corrected chi connectivity index (χ3v) is 5.89. The minimum Gasteiger partial charge on any atom is -0.493 e. The Kier molecular flexibility index (Phi) is 6.82. The molecule has 1 aliphatic rings. The Morgan fingerprint density at radius 3 is 2.34 bits per heavy atom. The van der Waals surface area contributed by atoms with Gasteiger partial charge in [0.05, 0.1) is 12.0 Å². The lowest BCUT2D eigenvalue weighted by atomic mass is 10.1. The van der Waals surface area contributed by atoms with Gasteiger partial charge in [-0.3, -0.25) is 9.69 Å². The topological polar surface area (TPSA) is 48.0 Å². The molecule has 1 amide bonds. The fraction of sp³-hybridized carbons (Fsp3) is 0.273. The first kappa shape index (κ1) is 21.2. The molecule has 0 aromatic heterocycles. The smallest absolute Gasteiger partial charge is 0.265 e. The summed E-state index contributed by atoms with van der Waals surface area (Å²) in [5.74, 6) is 1.98. The van der Waals surface area contributed by atoms with Crippen molar-refractivity contribution in [1.82, 2.24) is 4.90 Å². The molecule has 0 bridgehead atoms. The summed E-state index contributed by atoms with van der Waals surface area (Å²) in [6.07, 6.45) is 1.80. The van der Waals surface area contributed by atoms with Crippen LogP contribution in [0.25, 0.3) is 6.08 Å². The number of carbonyl (C=O) groups excluding carboxylic acids is 1. The highest BCUT2D eigenvalue weighted by atomic mass is 32.2. The molecular weight excluding hydrogens is 406 g/mol. The number of nitrogens with zero attached hydrogens (tertiary/aromatic N) is 1. The molecule has 0 atom stereocenters. The molecule has 0 radical (unpaired) electrons. The van der Waals surface area contributed by atoms with E-state index in [-0.39, 0.29) is 5.91 Å². The van der Waals surface area contributed by atoms with Crippen molar-refractivity contribution in [2.75, 3.05) is 27.4 Å². The van der Waals surface area contributed by atoms with Crippen molar-refractivity contribution in [3.8, 4) is 17.2 Å². The summed E-state index contributed by atoms with van der Waals surface area (Å²) in [4.78, 5) is 14.2. The first-order chi connectivity index (χ1) is 13.9. The number of carbonyl (C=O) groups is 1. The minimum atomic E-state index is -0.0946. The van der Waals surface area contributed by atoms with Gasteiger partial charge in [0.15, 0.2) is 11.5 Å². The highest BCUT2D eigenvalue weighted by Gasteiger charge is 2.28. The summed E-state index contributed by atoms with van der Waals surface area (Å²) in [6.45, 7) is 4.89. The molecule has 0 saturated carbocycles. The van der Waals surface area contributed by atoms with Crippen LogP contribution in [0, 0.1) is 13.8 Å². The Bertz CT molecular complexity index is 971. The zero-order chi connectivity index (χ0) is 21.0. The Morgan fingerprint density at radius 2 is 1.72 bits per heavy atom. The molecule has 0 N–H and O–H groups in total. The van der Waals surface area contributed by atoms with Crippen LogP contribution in [0.1, 0.15) is 16.7 Å². The number of thioether (sulfide) groups is 1. The summed E-state index contributed by atoms with van der Waals surface area (Å²) in [6, 6.07) is 11.6. The summed E-state index contributed by atoms with van der Waals surface area (Å²) < 4.78 is 17.6. The van der Waals surface area contributed by atoms with Crippen LogP contribution >= 0.6 is 24.0 Å². The van der Waals surface area contributed by atoms with Crippen molar-refractivity contribution < 1.29 is 19.0 Å². The summed E-state index contributed by atoms with van der Waals surface area (Å²) >= 11 is 6.45. The minimum absolute atomic E-state index is 0.0946. The van der Waals surface area contributed by atoms with E-state index in [0.717, 1.165) is 16.9 Å². The Balaban J connectivity index is 1.62.